The summed E-state index contributed by atoms with van der Waals surface area (Å²) in [4.78, 5) is 12.8. The molecule has 1 aliphatic heterocycles. The molecule has 2 amide bonds. The van der Waals surface area contributed by atoms with Gasteiger partial charge in [0.2, 0.25) is 0 Å². The van der Waals surface area contributed by atoms with E-state index in [4.69, 9.17) is 0 Å². The number of halogens is 1. The summed E-state index contributed by atoms with van der Waals surface area (Å²) in [6, 6.07) is 6.21. The van der Waals surface area contributed by atoms with Gasteiger partial charge in [-0.25, -0.2) is 9.18 Å². The standard InChI is InChI=1S/C10H12FN3O/c11-9-3-1-8(2-4-9)5-14-6-12-10(15)13-7-14/h1-4H,5-7H2,(H2,12,13,15). The lowest BCUT2D eigenvalue weighted by atomic mass is 10.2. The van der Waals surface area contributed by atoms with Crippen LogP contribution in [0.4, 0.5) is 9.18 Å². The molecule has 0 unspecified atom stereocenters. The third-order valence-electron chi connectivity index (χ3n) is 2.25. The zero-order chi connectivity index (χ0) is 10.7. The van der Waals surface area contributed by atoms with Gasteiger partial charge in [0, 0.05) is 6.54 Å². The molecule has 2 rings (SSSR count). The number of benzene rings is 1. The molecule has 0 bridgehead atoms. The second-order valence-electron chi connectivity index (χ2n) is 3.45. The smallest absolute Gasteiger partial charge is 0.316 e. The Morgan fingerprint density at radius 1 is 1.20 bits per heavy atom. The Labute approximate surface area is 87.1 Å². The average Bonchev–Trinajstić information content (AvgIpc) is 2.25. The van der Waals surface area contributed by atoms with Crippen LogP contribution < -0.4 is 10.6 Å². The Kier molecular flexibility index (Phi) is 2.82. The fourth-order valence-electron chi connectivity index (χ4n) is 1.45. The highest BCUT2D eigenvalue weighted by Gasteiger charge is 2.13. The quantitative estimate of drug-likeness (QED) is 0.758. The topological polar surface area (TPSA) is 44.4 Å². The molecule has 0 radical (unpaired) electrons. The van der Waals surface area contributed by atoms with E-state index < -0.39 is 0 Å². The number of hydrogen-bond donors (Lipinski definition) is 2. The summed E-state index contributed by atoms with van der Waals surface area (Å²) in [5.41, 5.74) is 1.02. The van der Waals surface area contributed by atoms with Gasteiger partial charge in [-0.3, -0.25) is 4.90 Å². The molecule has 1 heterocycles. The van der Waals surface area contributed by atoms with Gasteiger partial charge in [-0.15, -0.1) is 0 Å². The molecule has 1 fully saturated rings. The van der Waals surface area contributed by atoms with E-state index in [0.717, 1.165) is 5.56 Å². The van der Waals surface area contributed by atoms with Crippen molar-refractivity contribution in [3.63, 3.8) is 0 Å². The van der Waals surface area contributed by atoms with Gasteiger partial charge >= 0.3 is 6.03 Å². The predicted molar refractivity (Wildman–Crippen MR) is 53.3 cm³/mol. The SMILES string of the molecule is O=C1NCN(Cc2ccc(F)cc2)CN1. The molecule has 1 aliphatic rings. The number of hydrogen-bond acceptors (Lipinski definition) is 2. The fraction of sp³-hybridized carbons (Fsp3) is 0.300. The van der Waals surface area contributed by atoms with E-state index in [0.29, 0.717) is 19.9 Å². The van der Waals surface area contributed by atoms with Gasteiger partial charge in [-0.1, -0.05) is 12.1 Å². The van der Waals surface area contributed by atoms with Crippen LogP contribution in [0.2, 0.25) is 0 Å². The number of carbonyl (C=O) groups excluding carboxylic acids is 1. The van der Waals surface area contributed by atoms with Crippen LogP contribution in [-0.4, -0.2) is 24.3 Å². The zero-order valence-electron chi connectivity index (χ0n) is 8.16. The first-order valence-electron chi connectivity index (χ1n) is 4.72. The Morgan fingerprint density at radius 2 is 1.80 bits per heavy atom. The van der Waals surface area contributed by atoms with Crippen LogP contribution in [0, 0.1) is 5.82 Å². The molecule has 0 saturated carbocycles. The van der Waals surface area contributed by atoms with Gasteiger partial charge in [0.15, 0.2) is 0 Å². The summed E-state index contributed by atoms with van der Waals surface area (Å²) in [7, 11) is 0. The van der Waals surface area contributed by atoms with Crippen LogP contribution in [-0.2, 0) is 6.54 Å². The molecule has 5 heteroatoms. The van der Waals surface area contributed by atoms with Gasteiger partial charge in [-0.05, 0) is 17.7 Å². The number of rotatable bonds is 2. The molecule has 0 aromatic heterocycles. The number of urea groups is 1. The Hall–Kier alpha value is -1.62. The highest BCUT2D eigenvalue weighted by atomic mass is 19.1. The molecule has 2 N–H and O–H groups in total. The van der Waals surface area contributed by atoms with Crippen molar-refractivity contribution < 1.29 is 9.18 Å². The minimum absolute atomic E-state index is 0.148. The summed E-state index contributed by atoms with van der Waals surface area (Å²) < 4.78 is 12.6. The minimum atomic E-state index is -0.233. The maximum absolute atomic E-state index is 12.6. The summed E-state index contributed by atoms with van der Waals surface area (Å²) in [6.45, 7) is 1.72. The first kappa shape index (κ1) is 9.92. The van der Waals surface area contributed by atoms with E-state index in [1.165, 1.54) is 12.1 Å². The van der Waals surface area contributed by atoms with Crippen molar-refractivity contribution in [2.45, 2.75) is 6.54 Å². The lowest BCUT2D eigenvalue weighted by Crippen LogP contribution is -2.53. The van der Waals surface area contributed by atoms with Gasteiger partial charge in [0.25, 0.3) is 0 Å². The normalized spacial score (nSPS) is 17.0. The summed E-state index contributed by atoms with van der Waals surface area (Å²) in [5.74, 6) is -0.233. The minimum Gasteiger partial charge on any atom is -0.325 e. The van der Waals surface area contributed by atoms with E-state index in [-0.39, 0.29) is 11.8 Å². The zero-order valence-corrected chi connectivity index (χ0v) is 8.16. The van der Waals surface area contributed by atoms with Gasteiger partial charge in [-0.2, -0.15) is 0 Å². The molecule has 0 spiro atoms. The molecule has 0 atom stereocenters. The van der Waals surface area contributed by atoms with Crippen LogP contribution in [0.15, 0.2) is 24.3 Å². The number of nitrogens with zero attached hydrogens (tertiary/aromatic N) is 1. The highest BCUT2D eigenvalue weighted by molar-refractivity contribution is 5.74. The van der Waals surface area contributed by atoms with Crippen molar-refractivity contribution in [3.05, 3.63) is 35.6 Å². The molecular weight excluding hydrogens is 197 g/mol. The van der Waals surface area contributed by atoms with Crippen molar-refractivity contribution in [1.29, 1.82) is 0 Å². The monoisotopic (exact) mass is 209 g/mol. The van der Waals surface area contributed by atoms with Crippen LogP contribution in [0.3, 0.4) is 0 Å². The lowest BCUT2D eigenvalue weighted by Gasteiger charge is -2.27. The number of amides is 2. The molecule has 1 aromatic rings. The molecular formula is C10H12FN3O. The maximum atomic E-state index is 12.6. The van der Waals surface area contributed by atoms with E-state index in [1.54, 1.807) is 12.1 Å². The van der Waals surface area contributed by atoms with Gasteiger partial charge in [0.05, 0.1) is 13.3 Å². The van der Waals surface area contributed by atoms with Crippen molar-refractivity contribution in [1.82, 2.24) is 15.5 Å². The van der Waals surface area contributed by atoms with E-state index in [1.807, 2.05) is 4.90 Å². The van der Waals surface area contributed by atoms with Crippen molar-refractivity contribution >= 4 is 6.03 Å². The van der Waals surface area contributed by atoms with E-state index in [9.17, 15) is 9.18 Å². The lowest BCUT2D eigenvalue weighted by molar-refractivity contribution is 0.178. The van der Waals surface area contributed by atoms with Crippen molar-refractivity contribution in [3.8, 4) is 0 Å². The van der Waals surface area contributed by atoms with Crippen molar-refractivity contribution in [2.75, 3.05) is 13.3 Å². The third-order valence-corrected chi connectivity index (χ3v) is 2.25. The van der Waals surface area contributed by atoms with E-state index in [2.05, 4.69) is 10.6 Å². The Morgan fingerprint density at radius 3 is 2.40 bits per heavy atom. The van der Waals surface area contributed by atoms with E-state index >= 15 is 0 Å². The summed E-state index contributed by atoms with van der Waals surface area (Å²) in [6.07, 6.45) is 0. The van der Waals surface area contributed by atoms with Crippen LogP contribution >= 0.6 is 0 Å². The first-order valence-corrected chi connectivity index (χ1v) is 4.72. The largest absolute Gasteiger partial charge is 0.325 e. The number of nitrogens with one attached hydrogen (secondary N) is 2. The molecule has 1 saturated heterocycles. The fourth-order valence-corrected chi connectivity index (χ4v) is 1.45. The summed E-state index contributed by atoms with van der Waals surface area (Å²) >= 11 is 0. The van der Waals surface area contributed by atoms with Crippen LogP contribution in [0.25, 0.3) is 0 Å². The molecule has 1 aromatic carbocycles. The van der Waals surface area contributed by atoms with Gasteiger partial charge in [0.1, 0.15) is 5.82 Å². The van der Waals surface area contributed by atoms with Crippen LogP contribution in [0.5, 0.6) is 0 Å². The van der Waals surface area contributed by atoms with Crippen LogP contribution in [0.1, 0.15) is 5.56 Å². The molecule has 80 valence electrons. The molecule has 0 aliphatic carbocycles. The Bertz CT molecular complexity index is 342. The van der Waals surface area contributed by atoms with Gasteiger partial charge < -0.3 is 10.6 Å². The Balaban J connectivity index is 1.91. The average molecular weight is 209 g/mol. The number of carbonyl (C=O) groups is 1. The summed E-state index contributed by atoms with van der Waals surface area (Å²) in [5, 5.41) is 5.33. The molecule has 15 heavy (non-hydrogen) atoms. The third kappa shape index (κ3) is 2.66. The first-order chi connectivity index (χ1) is 7.24. The van der Waals surface area contributed by atoms with Crippen molar-refractivity contribution in [2.24, 2.45) is 0 Å². The second kappa shape index (κ2) is 4.27. The predicted octanol–water partition coefficient (Wildman–Crippen LogP) is 0.855. The highest BCUT2D eigenvalue weighted by Crippen LogP contribution is 2.06. The molecule has 4 nitrogen and oxygen atoms in total. The maximum Gasteiger partial charge on any atom is 0.316 e. The second-order valence-corrected chi connectivity index (χ2v) is 3.45.